The normalized spacial score (nSPS) is 29.0. The summed E-state index contributed by atoms with van der Waals surface area (Å²) in [7, 11) is -4.05. The highest BCUT2D eigenvalue weighted by atomic mass is 32.2. The van der Waals surface area contributed by atoms with E-state index in [1.54, 1.807) is 11.8 Å². The molecule has 6 atom stereocenters. The number of carboxylic acids is 1. The number of amides is 1. The number of carboxylic acid groups (broad SMARTS) is 1. The highest BCUT2D eigenvalue weighted by Gasteiger charge is 2.60. The van der Waals surface area contributed by atoms with Gasteiger partial charge in [0.1, 0.15) is 5.70 Å². The summed E-state index contributed by atoms with van der Waals surface area (Å²) in [4.78, 5) is 28.1. The van der Waals surface area contributed by atoms with Gasteiger partial charge in [-0.3, -0.25) is 9.69 Å². The van der Waals surface area contributed by atoms with E-state index >= 15 is 0 Å². The van der Waals surface area contributed by atoms with Crippen LogP contribution < -0.4 is 9.86 Å². The number of fused-ring (bicyclic) bond motifs is 1. The molecule has 10 nitrogen and oxygen atoms in total. The van der Waals surface area contributed by atoms with E-state index < -0.39 is 57.9 Å². The molecule has 1 aromatic rings. The van der Waals surface area contributed by atoms with Crippen LogP contribution in [0.2, 0.25) is 0 Å². The molecule has 1 amide bonds. The number of alkyl halides is 3. The predicted octanol–water partition coefficient (Wildman–Crippen LogP) is 1.33. The summed E-state index contributed by atoms with van der Waals surface area (Å²) in [6.07, 6.45) is -5.18. The third kappa shape index (κ3) is 5.58. The molecule has 3 aliphatic heterocycles. The molecule has 0 radical (unpaired) electrons. The number of nitrogens with zero attached hydrogens (tertiary/aromatic N) is 2. The number of carbonyl (C=O) groups excluding carboxylic acids is 1. The first kappa shape index (κ1) is 28.8. The zero-order valence-electron chi connectivity index (χ0n) is 20.6. The van der Waals surface area contributed by atoms with Crippen LogP contribution in [0.15, 0.2) is 34.9 Å². The molecular formula is C23H29F3N4O6S2. The van der Waals surface area contributed by atoms with Crippen molar-refractivity contribution in [2.45, 2.75) is 56.4 Å². The minimum absolute atomic E-state index is 0.0282. The first-order chi connectivity index (χ1) is 17.6. The number of likely N-dealkylation sites (tertiary alicyclic amines) is 1. The largest absolute Gasteiger partial charge is 0.477 e. The van der Waals surface area contributed by atoms with Crippen LogP contribution in [0, 0.1) is 11.8 Å². The second kappa shape index (κ2) is 10.4. The summed E-state index contributed by atoms with van der Waals surface area (Å²) < 4.78 is 66.0. The van der Waals surface area contributed by atoms with Gasteiger partial charge in [-0.1, -0.05) is 25.1 Å². The number of hydrogen-bond acceptors (Lipinski definition) is 7. The topological polar surface area (TPSA) is 153 Å². The molecular weight excluding hydrogens is 549 g/mol. The lowest BCUT2D eigenvalue weighted by Crippen LogP contribution is -2.63. The van der Waals surface area contributed by atoms with Crippen molar-refractivity contribution in [1.82, 2.24) is 14.5 Å². The maximum atomic E-state index is 13.6. The SMILES string of the molecule is C[C@@H](O)[C@H]1C(=O)N2C(C(=O)O)=C(S[C@H]3C[C@@H](CNS(N)(=O)=O)N(Cc4ccccc4C(F)(F)F)C3)[C@H](C)[C@H]12. The van der Waals surface area contributed by atoms with Crippen molar-refractivity contribution >= 4 is 33.8 Å². The van der Waals surface area contributed by atoms with Gasteiger partial charge in [0.25, 0.3) is 10.2 Å². The fourth-order valence-corrected chi connectivity index (χ4v) is 7.67. The quantitative estimate of drug-likeness (QED) is 0.320. The van der Waals surface area contributed by atoms with Crippen molar-refractivity contribution in [3.63, 3.8) is 0 Å². The van der Waals surface area contributed by atoms with Crippen LogP contribution in [0.25, 0.3) is 0 Å². The molecule has 2 saturated heterocycles. The molecule has 210 valence electrons. The Labute approximate surface area is 222 Å². The molecule has 3 heterocycles. The van der Waals surface area contributed by atoms with Gasteiger partial charge in [-0.2, -0.15) is 21.6 Å². The van der Waals surface area contributed by atoms with Crippen molar-refractivity contribution in [2.75, 3.05) is 13.1 Å². The maximum absolute atomic E-state index is 13.6. The minimum atomic E-state index is -4.57. The molecule has 0 unspecified atom stereocenters. The van der Waals surface area contributed by atoms with Crippen LogP contribution in [0.4, 0.5) is 13.2 Å². The van der Waals surface area contributed by atoms with Gasteiger partial charge in [-0.05, 0) is 25.0 Å². The van der Waals surface area contributed by atoms with Crippen molar-refractivity contribution in [2.24, 2.45) is 17.0 Å². The van der Waals surface area contributed by atoms with Gasteiger partial charge in [0.15, 0.2) is 0 Å². The number of nitrogens with two attached hydrogens (primary N) is 1. The summed E-state index contributed by atoms with van der Waals surface area (Å²) in [6.45, 7) is 3.26. The third-order valence-corrected chi connectivity index (χ3v) is 9.37. The molecule has 15 heteroatoms. The van der Waals surface area contributed by atoms with Crippen LogP contribution in [-0.4, -0.2) is 76.8 Å². The van der Waals surface area contributed by atoms with Gasteiger partial charge in [0, 0.05) is 41.7 Å². The number of halogens is 3. The molecule has 5 N–H and O–H groups in total. The number of rotatable bonds is 9. The number of thioether (sulfide) groups is 1. The average Bonchev–Trinajstić information content (AvgIpc) is 3.27. The van der Waals surface area contributed by atoms with Gasteiger partial charge in [-0.25, -0.2) is 14.7 Å². The van der Waals surface area contributed by atoms with E-state index in [1.165, 1.54) is 41.8 Å². The first-order valence-corrected chi connectivity index (χ1v) is 14.3. The van der Waals surface area contributed by atoms with Gasteiger partial charge < -0.3 is 15.1 Å². The number of carbonyl (C=O) groups is 2. The van der Waals surface area contributed by atoms with Gasteiger partial charge in [0.05, 0.1) is 23.6 Å². The second-order valence-electron chi connectivity index (χ2n) is 9.88. The van der Waals surface area contributed by atoms with E-state index in [0.29, 0.717) is 11.3 Å². The highest BCUT2D eigenvalue weighted by molar-refractivity contribution is 8.03. The Kier molecular flexibility index (Phi) is 7.91. The van der Waals surface area contributed by atoms with Crippen molar-refractivity contribution in [3.05, 3.63) is 46.0 Å². The lowest BCUT2D eigenvalue weighted by Gasteiger charge is -2.46. The molecule has 38 heavy (non-hydrogen) atoms. The number of benzene rings is 1. The third-order valence-electron chi connectivity index (χ3n) is 7.31. The van der Waals surface area contributed by atoms with Gasteiger partial charge in [0.2, 0.25) is 5.91 Å². The zero-order chi connectivity index (χ0) is 28.2. The molecule has 0 aliphatic carbocycles. The number of aliphatic hydroxyl groups is 1. The molecule has 0 aromatic heterocycles. The standard InChI is InChI=1S/C23H29F3N4O6S2/c1-11-18-17(12(2)31)21(32)30(18)19(22(33)34)20(11)37-15-7-14(8-28-38(27,35)36)29(10-15)9-13-5-3-4-6-16(13)23(24,25)26/h3-6,11-12,14-15,17-18,28,31H,7-10H2,1-2H3,(H,33,34)(H2,27,35,36)/t11-,12-,14+,15+,17-,18-/m1/s1. The number of β-lactam (4-membered cyclic amide) rings is 1. The van der Waals surface area contributed by atoms with Crippen LogP contribution in [0.3, 0.4) is 0 Å². The van der Waals surface area contributed by atoms with Crippen LogP contribution in [-0.2, 0) is 32.5 Å². The number of hydrogen-bond donors (Lipinski definition) is 4. The van der Waals surface area contributed by atoms with Crippen LogP contribution >= 0.6 is 11.8 Å². The minimum Gasteiger partial charge on any atom is -0.477 e. The molecule has 4 rings (SSSR count). The van der Waals surface area contributed by atoms with E-state index in [1.807, 2.05) is 0 Å². The number of aliphatic carboxylic acids is 1. The summed E-state index contributed by atoms with van der Waals surface area (Å²) in [6, 6.07) is 4.13. The monoisotopic (exact) mass is 578 g/mol. The van der Waals surface area contributed by atoms with E-state index in [2.05, 4.69) is 4.72 Å². The maximum Gasteiger partial charge on any atom is 0.416 e. The van der Waals surface area contributed by atoms with E-state index in [0.717, 1.165) is 6.07 Å². The molecule has 2 fully saturated rings. The highest BCUT2D eigenvalue weighted by Crippen LogP contribution is 2.52. The smallest absolute Gasteiger partial charge is 0.416 e. The Hall–Kier alpha value is -2.17. The van der Waals surface area contributed by atoms with E-state index in [4.69, 9.17) is 5.14 Å². The molecule has 3 aliphatic rings. The van der Waals surface area contributed by atoms with E-state index in [-0.39, 0.29) is 42.1 Å². The van der Waals surface area contributed by atoms with Gasteiger partial charge in [-0.15, -0.1) is 11.8 Å². The molecule has 0 saturated carbocycles. The summed E-state index contributed by atoms with van der Waals surface area (Å²) in [5.74, 6) is -2.83. The Balaban J connectivity index is 1.59. The predicted molar refractivity (Wildman–Crippen MR) is 132 cm³/mol. The van der Waals surface area contributed by atoms with Crippen LogP contribution in [0.5, 0.6) is 0 Å². The molecule has 0 spiro atoms. The lowest BCUT2D eigenvalue weighted by atomic mass is 9.79. The Morgan fingerprint density at radius 1 is 1.32 bits per heavy atom. The van der Waals surface area contributed by atoms with Crippen LogP contribution in [0.1, 0.15) is 31.4 Å². The van der Waals surface area contributed by atoms with Crippen molar-refractivity contribution < 1.29 is 41.4 Å². The summed E-state index contributed by atoms with van der Waals surface area (Å²) in [5, 5.41) is 24.7. The number of nitrogens with one attached hydrogen (secondary N) is 1. The Morgan fingerprint density at radius 3 is 2.55 bits per heavy atom. The summed E-state index contributed by atoms with van der Waals surface area (Å²) in [5.41, 5.74) is -0.906. The van der Waals surface area contributed by atoms with E-state index in [9.17, 15) is 41.4 Å². The first-order valence-electron chi connectivity index (χ1n) is 11.9. The Morgan fingerprint density at radius 2 is 1.97 bits per heavy atom. The average molecular weight is 579 g/mol. The lowest BCUT2D eigenvalue weighted by molar-refractivity contribution is -0.163. The van der Waals surface area contributed by atoms with Gasteiger partial charge >= 0.3 is 12.1 Å². The fraction of sp³-hybridized carbons (Fsp3) is 0.565. The number of aliphatic hydroxyl groups excluding tert-OH is 1. The van der Waals surface area contributed by atoms with Crippen molar-refractivity contribution in [1.29, 1.82) is 0 Å². The Bertz CT molecular complexity index is 1260. The zero-order valence-corrected chi connectivity index (χ0v) is 22.2. The fourth-order valence-electron chi connectivity index (χ4n) is 5.65. The second-order valence-corrected chi connectivity index (χ2v) is 12.6. The molecule has 0 bridgehead atoms. The van der Waals surface area contributed by atoms with Crippen molar-refractivity contribution in [3.8, 4) is 0 Å². The summed E-state index contributed by atoms with van der Waals surface area (Å²) >= 11 is 1.23. The molecule has 1 aromatic carbocycles.